The van der Waals surface area contributed by atoms with E-state index >= 15 is 0 Å². The maximum Gasteiger partial charge on any atom is 0.326 e. The third-order valence-electron chi connectivity index (χ3n) is 3.05. The van der Waals surface area contributed by atoms with E-state index in [0.717, 1.165) is 25.7 Å². The predicted molar refractivity (Wildman–Crippen MR) is 49.1 cm³/mol. The summed E-state index contributed by atoms with van der Waals surface area (Å²) in [6.45, 7) is 0.595. The summed E-state index contributed by atoms with van der Waals surface area (Å²) in [5.74, 6) is 0.464. The number of rotatable bonds is 3. The molecular weight excluding hydrogens is 166 g/mol. The lowest BCUT2D eigenvalue weighted by molar-refractivity contribution is -0.150. The number of esters is 1. The Morgan fingerprint density at radius 3 is 2.54 bits per heavy atom. The molecule has 2 saturated carbocycles. The molecule has 0 spiro atoms. The third-order valence-corrected chi connectivity index (χ3v) is 3.05. The fourth-order valence-corrected chi connectivity index (χ4v) is 1.83. The summed E-state index contributed by atoms with van der Waals surface area (Å²) in [5.41, 5.74) is 5.29. The summed E-state index contributed by atoms with van der Waals surface area (Å²) in [6, 6.07) is 0. The van der Waals surface area contributed by atoms with Crippen molar-refractivity contribution in [2.24, 2.45) is 11.7 Å². The Balaban J connectivity index is 1.80. The molecule has 0 unspecified atom stereocenters. The molecule has 0 bridgehead atoms. The van der Waals surface area contributed by atoms with Crippen molar-refractivity contribution in [1.29, 1.82) is 0 Å². The van der Waals surface area contributed by atoms with Crippen molar-refractivity contribution >= 4 is 5.97 Å². The second-order valence-corrected chi connectivity index (χ2v) is 4.41. The minimum Gasteiger partial charge on any atom is -0.464 e. The van der Waals surface area contributed by atoms with Crippen LogP contribution in [-0.4, -0.2) is 18.1 Å². The zero-order valence-corrected chi connectivity index (χ0v) is 7.92. The van der Waals surface area contributed by atoms with E-state index in [0.29, 0.717) is 12.5 Å². The molecule has 0 aromatic carbocycles. The molecule has 3 heteroatoms. The zero-order valence-electron chi connectivity index (χ0n) is 7.92. The minimum absolute atomic E-state index is 0.170. The SMILES string of the molecule is NC1(C(=O)OCC2CC2)CCCC1. The van der Waals surface area contributed by atoms with Crippen molar-refractivity contribution in [2.45, 2.75) is 44.1 Å². The molecule has 0 radical (unpaired) electrons. The van der Waals surface area contributed by atoms with Crippen molar-refractivity contribution in [3.63, 3.8) is 0 Å². The first-order chi connectivity index (χ1) is 6.21. The van der Waals surface area contributed by atoms with Gasteiger partial charge in [0.2, 0.25) is 0 Å². The van der Waals surface area contributed by atoms with E-state index in [1.54, 1.807) is 0 Å². The molecule has 2 fully saturated rings. The van der Waals surface area contributed by atoms with Gasteiger partial charge in [-0.3, -0.25) is 4.79 Å². The first kappa shape index (κ1) is 9.00. The minimum atomic E-state index is -0.644. The van der Waals surface area contributed by atoms with Gasteiger partial charge < -0.3 is 10.5 Å². The van der Waals surface area contributed by atoms with E-state index in [-0.39, 0.29) is 5.97 Å². The number of carbonyl (C=O) groups excluding carboxylic acids is 1. The van der Waals surface area contributed by atoms with Gasteiger partial charge in [-0.1, -0.05) is 12.8 Å². The summed E-state index contributed by atoms with van der Waals surface area (Å²) in [5, 5.41) is 0. The van der Waals surface area contributed by atoms with Gasteiger partial charge in [-0.05, 0) is 31.6 Å². The van der Waals surface area contributed by atoms with Crippen LogP contribution in [0.3, 0.4) is 0 Å². The summed E-state index contributed by atoms with van der Waals surface area (Å²) < 4.78 is 5.19. The Labute approximate surface area is 78.6 Å². The van der Waals surface area contributed by atoms with Gasteiger partial charge in [-0.25, -0.2) is 0 Å². The Bertz CT molecular complexity index is 205. The lowest BCUT2D eigenvalue weighted by Gasteiger charge is -2.20. The van der Waals surface area contributed by atoms with Gasteiger partial charge >= 0.3 is 5.97 Å². The van der Waals surface area contributed by atoms with Crippen LogP contribution >= 0.6 is 0 Å². The molecule has 0 aromatic rings. The second-order valence-electron chi connectivity index (χ2n) is 4.41. The average molecular weight is 183 g/mol. The van der Waals surface area contributed by atoms with Crippen molar-refractivity contribution < 1.29 is 9.53 Å². The largest absolute Gasteiger partial charge is 0.464 e. The van der Waals surface area contributed by atoms with Crippen LogP contribution in [0.1, 0.15) is 38.5 Å². The molecule has 74 valence electrons. The quantitative estimate of drug-likeness (QED) is 0.669. The molecule has 0 atom stereocenters. The Morgan fingerprint density at radius 2 is 2.00 bits per heavy atom. The Morgan fingerprint density at radius 1 is 1.38 bits per heavy atom. The van der Waals surface area contributed by atoms with Crippen LogP contribution in [0, 0.1) is 5.92 Å². The maximum absolute atomic E-state index is 11.6. The number of nitrogens with two attached hydrogens (primary N) is 1. The fraction of sp³-hybridized carbons (Fsp3) is 0.900. The Hall–Kier alpha value is -0.570. The lowest BCUT2D eigenvalue weighted by atomic mass is 10.00. The van der Waals surface area contributed by atoms with Gasteiger partial charge in [0, 0.05) is 0 Å². The highest BCUT2D eigenvalue weighted by Crippen LogP contribution is 2.31. The smallest absolute Gasteiger partial charge is 0.326 e. The molecule has 2 aliphatic rings. The van der Waals surface area contributed by atoms with Crippen LogP contribution in [0.2, 0.25) is 0 Å². The van der Waals surface area contributed by atoms with E-state index in [9.17, 15) is 4.79 Å². The van der Waals surface area contributed by atoms with E-state index in [4.69, 9.17) is 10.5 Å². The van der Waals surface area contributed by atoms with Gasteiger partial charge in [-0.2, -0.15) is 0 Å². The van der Waals surface area contributed by atoms with Gasteiger partial charge in [0.25, 0.3) is 0 Å². The van der Waals surface area contributed by atoms with Crippen LogP contribution < -0.4 is 5.73 Å². The summed E-state index contributed by atoms with van der Waals surface area (Å²) in [4.78, 5) is 11.6. The number of ether oxygens (including phenoxy) is 1. The molecule has 0 saturated heterocycles. The standard InChI is InChI=1S/C10H17NO2/c11-10(5-1-2-6-10)9(12)13-7-8-3-4-8/h8H,1-7,11H2. The first-order valence-corrected chi connectivity index (χ1v) is 5.17. The first-order valence-electron chi connectivity index (χ1n) is 5.17. The molecule has 0 aromatic heterocycles. The van der Waals surface area contributed by atoms with Gasteiger partial charge in [0.1, 0.15) is 5.54 Å². The molecule has 2 N–H and O–H groups in total. The second kappa shape index (κ2) is 3.29. The van der Waals surface area contributed by atoms with E-state index < -0.39 is 5.54 Å². The number of hydrogen-bond acceptors (Lipinski definition) is 3. The van der Waals surface area contributed by atoms with Crippen molar-refractivity contribution in [3.8, 4) is 0 Å². The van der Waals surface area contributed by atoms with Crippen LogP contribution in [0.5, 0.6) is 0 Å². The topological polar surface area (TPSA) is 52.3 Å². The van der Waals surface area contributed by atoms with Gasteiger partial charge in [-0.15, -0.1) is 0 Å². The highest BCUT2D eigenvalue weighted by Gasteiger charge is 2.39. The van der Waals surface area contributed by atoms with E-state index in [1.807, 2.05) is 0 Å². The molecule has 3 nitrogen and oxygen atoms in total. The van der Waals surface area contributed by atoms with Gasteiger partial charge in [0.15, 0.2) is 0 Å². The lowest BCUT2D eigenvalue weighted by Crippen LogP contribution is -2.46. The summed E-state index contributed by atoms with van der Waals surface area (Å²) in [6.07, 6.45) is 6.16. The third kappa shape index (κ3) is 2.02. The highest BCUT2D eigenvalue weighted by molar-refractivity contribution is 5.80. The number of carbonyl (C=O) groups is 1. The molecule has 2 rings (SSSR count). The van der Waals surface area contributed by atoms with Crippen LogP contribution in [0.25, 0.3) is 0 Å². The summed E-state index contributed by atoms with van der Waals surface area (Å²) in [7, 11) is 0. The molecule has 0 heterocycles. The van der Waals surface area contributed by atoms with Gasteiger partial charge in [0.05, 0.1) is 6.61 Å². The van der Waals surface area contributed by atoms with Crippen molar-refractivity contribution in [3.05, 3.63) is 0 Å². The zero-order chi connectivity index (χ0) is 9.31. The van der Waals surface area contributed by atoms with Crippen molar-refractivity contribution in [1.82, 2.24) is 0 Å². The van der Waals surface area contributed by atoms with Crippen LogP contribution in [0.4, 0.5) is 0 Å². The summed E-state index contributed by atoms with van der Waals surface area (Å²) >= 11 is 0. The molecule has 0 amide bonds. The number of hydrogen-bond donors (Lipinski definition) is 1. The Kier molecular flexibility index (Phi) is 2.28. The van der Waals surface area contributed by atoms with Crippen LogP contribution in [0.15, 0.2) is 0 Å². The van der Waals surface area contributed by atoms with E-state index in [1.165, 1.54) is 12.8 Å². The molecule has 0 aliphatic heterocycles. The molecule has 2 aliphatic carbocycles. The van der Waals surface area contributed by atoms with E-state index in [2.05, 4.69) is 0 Å². The normalized spacial score (nSPS) is 25.9. The predicted octanol–water partition coefficient (Wildman–Crippen LogP) is 1.21. The maximum atomic E-state index is 11.6. The molecule has 13 heavy (non-hydrogen) atoms. The van der Waals surface area contributed by atoms with Crippen LogP contribution in [-0.2, 0) is 9.53 Å². The van der Waals surface area contributed by atoms with Crippen molar-refractivity contribution in [2.75, 3.05) is 6.61 Å². The fourth-order valence-electron chi connectivity index (χ4n) is 1.83. The molecular formula is C10H17NO2. The average Bonchev–Trinajstić information content (AvgIpc) is 2.84. The monoisotopic (exact) mass is 183 g/mol. The highest BCUT2D eigenvalue weighted by atomic mass is 16.5.